The highest BCUT2D eigenvalue weighted by atomic mass is 32.2. The molecule has 0 fully saturated rings. The van der Waals surface area contributed by atoms with Crippen LogP contribution in [-0.4, -0.2) is 10.7 Å². The molecule has 0 aromatic carbocycles. The zero-order chi connectivity index (χ0) is 10.9. The summed E-state index contributed by atoms with van der Waals surface area (Å²) in [5.41, 5.74) is 4.87. The first-order chi connectivity index (χ1) is 6.40. The van der Waals surface area contributed by atoms with Crippen LogP contribution in [0.5, 0.6) is 0 Å². The van der Waals surface area contributed by atoms with E-state index in [1.165, 1.54) is 22.5 Å². The molecule has 0 amide bonds. The van der Waals surface area contributed by atoms with E-state index in [0.717, 1.165) is 5.75 Å². The summed E-state index contributed by atoms with van der Waals surface area (Å²) < 4.78 is -0.381. The molecular formula is C10H17NS3. The summed E-state index contributed by atoms with van der Waals surface area (Å²) in [5, 5.41) is 0. The van der Waals surface area contributed by atoms with Crippen molar-refractivity contribution in [3.8, 4) is 0 Å². The fourth-order valence-corrected chi connectivity index (χ4v) is 3.97. The molecule has 0 aliphatic heterocycles. The van der Waals surface area contributed by atoms with Gasteiger partial charge in [0.1, 0.15) is 3.41 Å². The summed E-state index contributed by atoms with van der Waals surface area (Å²) in [4.78, 5) is 3.33. The Hall–Kier alpha value is 0.330. The van der Waals surface area contributed by atoms with E-state index in [0.29, 0.717) is 0 Å². The third-order valence-electron chi connectivity index (χ3n) is 2.36. The Morgan fingerprint density at radius 1 is 1.21 bits per heavy atom. The van der Waals surface area contributed by atoms with E-state index in [2.05, 4.69) is 57.9 Å². The number of rotatable bonds is 3. The van der Waals surface area contributed by atoms with Gasteiger partial charge in [-0.2, -0.15) is 0 Å². The number of thiol groups is 2. The molecule has 0 atom stereocenters. The molecule has 0 saturated heterocycles. The summed E-state index contributed by atoms with van der Waals surface area (Å²) in [5.74, 6) is 1.01. The highest BCUT2D eigenvalue weighted by molar-refractivity contribution is 8.23. The summed E-state index contributed by atoms with van der Waals surface area (Å²) in [6.45, 7) is 8.40. The second-order valence-electron chi connectivity index (χ2n) is 3.42. The Bertz CT molecular complexity index is 328. The summed E-state index contributed by atoms with van der Waals surface area (Å²) >= 11 is 11.0. The van der Waals surface area contributed by atoms with E-state index in [-0.39, 0.29) is 3.41 Å². The first-order valence-corrected chi connectivity index (χ1v) is 6.53. The Balaban J connectivity index is 3.17. The average molecular weight is 247 g/mol. The maximum Gasteiger partial charge on any atom is 0.128 e. The molecule has 0 saturated carbocycles. The Kier molecular flexibility index (Phi) is 3.95. The number of H-pyrrole nitrogens is 1. The van der Waals surface area contributed by atoms with Crippen LogP contribution in [0.2, 0.25) is 0 Å². The molecule has 0 bridgehead atoms. The average Bonchev–Trinajstić information content (AvgIpc) is 2.26. The van der Waals surface area contributed by atoms with Crippen molar-refractivity contribution >= 4 is 37.0 Å². The zero-order valence-electron chi connectivity index (χ0n) is 9.01. The van der Waals surface area contributed by atoms with Crippen molar-refractivity contribution in [1.29, 1.82) is 0 Å². The number of hydrogen-bond donors (Lipinski definition) is 3. The smallest absolute Gasteiger partial charge is 0.128 e. The molecular weight excluding hydrogens is 230 g/mol. The lowest BCUT2D eigenvalue weighted by molar-refractivity contribution is 1.16. The minimum Gasteiger partial charge on any atom is -0.362 e. The standard InChI is InChI=1S/C10H17NS3/c1-5-14-10(12,13)9-6(2)7(3)11-8(9)4/h11-13H,5H2,1-4H3. The van der Waals surface area contributed by atoms with E-state index < -0.39 is 0 Å². The Morgan fingerprint density at radius 2 is 1.79 bits per heavy atom. The van der Waals surface area contributed by atoms with Gasteiger partial charge in [0.15, 0.2) is 0 Å². The van der Waals surface area contributed by atoms with Gasteiger partial charge in [-0.15, -0.1) is 37.0 Å². The zero-order valence-corrected chi connectivity index (χ0v) is 11.6. The Labute approximate surface area is 101 Å². The molecule has 1 aromatic heterocycles. The molecule has 1 rings (SSSR count). The van der Waals surface area contributed by atoms with Crippen molar-refractivity contribution in [2.45, 2.75) is 31.1 Å². The van der Waals surface area contributed by atoms with Crippen LogP contribution in [0, 0.1) is 20.8 Å². The molecule has 0 spiro atoms. The molecule has 1 aromatic rings. The van der Waals surface area contributed by atoms with Crippen LogP contribution in [0.15, 0.2) is 0 Å². The molecule has 1 heterocycles. The van der Waals surface area contributed by atoms with Crippen LogP contribution in [0.4, 0.5) is 0 Å². The molecule has 4 heteroatoms. The normalized spacial score (nSPS) is 12.1. The molecule has 0 aliphatic rings. The van der Waals surface area contributed by atoms with E-state index in [9.17, 15) is 0 Å². The Morgan fingerprint density at radius 3 is 2.14 bits per heavy atom. The third kappa shape index (κ3) is 2.28. The van der Waals surface area contributed by atoms with Crippen LogP contribution in [-0.2, 0) is 3.41 Å². The van der Waals surface area contributed by atoms with Gasteiger partial charge < -0.3 is 4.98 Å². The summed E-state index contributed by atoms with van der Waals surface area (Å²) in [7, 11) is 0. The van der Waals surface area contributed by atoms with E-state index >= 15 is 0 Å². The highest BCUT2D eigenvalue weighted by Gasteiger charge is 2.28. The number of aromatic amines is 1. The van der Waals surface area contributed by atoms with Crippen LogP contribution >= 0.6 is 37.0 Å². The van der Waals surface area contributed by atoms with Crippen LogP contribution in [0.1, 0.15) is 29.4 Å². The minimum atomic E-state index is -0.381. The summed E-state index contributed by atoms with van der Waals surface area (Å²) in [6.07, 6.45) is 0. The predicted octanol–water partition coefficient (Wildman–Crippen LogP) is 3.66. The van der Waals surface area contributed by atoms with Crippen molar-refractivity contribution in [3.63, 3.8) is 0 Å². The van der Waals surface area contributed by atoms with Crippen molar-refractivity contribution in [2.24, 2.45) is 0 Å². The van der Waals surface area contributed by atoms with Crippen molar-refractivity contribution in [3.05, 3.63) is 22.5 Å². The SMILES string of the molecule is CCSC(S)(S)c1c(C)[nH]c(C)c1C. The van der Waals surface area contributed by atoms with Gasteiger partial charge in [0.2, 0.25) is 0 Å². The van der Waals surface area contributed by atoms with E-state index in [4.69, 9.17) is 0 Å². The van der Waals surface area contributed by atoms with E-state index in [1.807, 2.05) is 0 Å². The molecule has 0 unspecified atom stereocenters. The van der Waals surface area contributed by atoms with Gasteiger partial charge in [-0.25, -0.2) is 0 Å². The monoisotopic (exact) mass is 247 g/mol. The first-order valence-electron chi connectivity index (χ1n) is 4.65. The van der Waals surface area contributed by atoms with Crippen molar-refractivity contribution in [1.82, 2.24) is 4.98 Å². The quantitative estimate of drug-likeness (QED) is 0.548. The van der Waals surface area contributed by atoms with Gasteiger partial charge in [0.05, 0.1) is 0 Å². The minimum absolute atomic E-state index is 0.381. The van der Waals surface area contributed by atoms with Crippen LogP contribution in [0.3, 0.4) is 0 Å². The van der Waals surface area contributed by atoms with Crippen molar-refractivity contribution < 1.29 is 0 Å². The number of thioether (sulfide) groups is 1. The topological polar surface area (TPSA) is 15.8 Å². The van der Waals surface area contributed by atoms with Gasteiger partial charge in [-0.3, -0.25) is 0 Å². The van der Waals surface area contributed by atoms with Gasteiger partial charge in [-0.1, -0.05) is 6.92 Å². The fraction of sp³-hybridized carbons (Fsp3) is 0.600. The largest absolute Gasteiger partial charge is 0.362 e. The molecule has 0 radical (unpaired) electrons. The molecule has 80 valence electrons. The van der Waals surface area contributed by atoms with Crippen molar-refractivity contribution in [2.75, 3.05) is 5.75 Å². The third-order valence-corrected chi connectivity index (χ3v) is 4.48. The highest BCUT2D eigenvalue weighted by Crippen LogP contribution is 2.46. The number of aryl methyl sites for hydroxylation is 2. The second kappa shape index (κ2) is 4.45. The maximum absolute atomic E-state index is 4.62. The van der Waals surface area contributed by atoms with Gasteiger partial charge >= 0.3 is 0 Å². The number of nitrogens with one attached hydrogen (secondary N) is 1. The molecule has 1 N–H and O–H groups in total. The fourth-order valence-electron chi connectivity index (χ4n) is 1.67. The molecule has 1 nitrogen and oxygen atoms in total. The van der Waals surface area contributed by atoms with Crippen LogP contribution < -0.4 is 0 Å². The second-order valence-corrected chi connectivity index (χ2v) is 7.19. The number of aromatic nitrogens is 1. The molecule has 14 heavy (non-hydrogen) atoms. The lowest BCUT2D eigenvalue weighted by Crippen LogP contribution is -2.08. The van der Waals surface area contributed by atoms with Gasteiger partial charge in [0, 0.05) is 17.0 Å². The maximum atomic E-state index is 4.62. The lowest BCUT2D eigenvalue weighted by atomic mass is 10.1. The van der Waals surface area contributed by atoms with Gasteiger partial charge in [0.25, 0.3) is 0 Å². The van der Waals surface area contributed by atoms with E-state index in [1.54, 1.807) is 11.8 Å². The van der Waals surface area contributed by atoms with Crippen LogP contribution in [0.25, 0.3) is 0 Å². The predicted molar refractivity (Wildman–Crippen MR) is 72.8 cm³/mol. The molecule has 0 aliphatic carbocycles. The summed E-state index contributed by atoms with van der Waals surface area (Å²) in [6, 6.07) is 0. The lowest BCUT2D eigenvalue weighted by Gasteiger charge is -2.22. The number of hydrogen-bond acceptors (Lipinski definition) is 3. The van der Waals surface area contributed by atoms with Gasteiger partial charge in [-0.05, 0) is 32.1 Å². The first kappa shape index (κ1) is 12.4.